The van der Waals surface area contributed by atoms with E-state index in [0.717, 1.165) is 37.8 Å². The molecule has 16 heteroatoms. The van der Waals surface area contributed by atoms with E-state index in [9.17, 15) is 26.3 Å². The number of pyridine rings is 1. The normalized spacial score (nSPS) is 21.6. The molecule has 2 aromatic rings. The number of carbonyl (C=O) groups is 2. The summed E-state index contributed by atoms with van der Waals surface area (Å²) in [5.74, 6) is -3.98. The summed E-state index contributed by atoms with van der Waals surface area (Å²) in [5.41, 5.74) is 3.11. The summed E-state index contributed by atoms with van der Waals surface area (Å²) in [6, 6.07) is 6.29. The van der Waals surface area contributed by atoms with Crippen molar-refractivity contribution in [3.8, 4) is 0 Å². The van der Waals surface area contributed by atoms with Crippen LogP contribution in [0.4, 0.5) is 32.2 Å². The molecule has 2 fully saturated rings. The van der Waals surface area contributed by atoms with Gasteiger partial charge in [-0.15, -0.1) is 11.3 Å². The standard InChI is InChI=1S/C18H24N4OS.2C2HF3O2/c1-13-16(24-12-20-13)11-22-9-14-5-4-8-23-18(14)15(10-22)21-17-6-2-3-7-19-17;2*3-2(4,5)1(6)7/h2-3,6-7,12,14-15,18H,4-5,8-11H2,1H3,(H,19,21);2*(H,6,7)/t14-,15+,18-;;/m0../s1. The zero-order chi connectivity index (χ0) is 28.5. The van der Waals surface area contributed by atoms with Crippen LogP contribution in [0.1, 0.15) is 23.4 Å². The maximum absolute atomic E-state index is 10.6. The van der Waals surface area contributed by atoms with Gasteiger partial charge in [-0.3, -0.25) is 4.90 Å². The number of ether oxygens (including phenoxy) is 1. The van der Waals surface area contributed by atoms with Gasteiger partial charge in [-0.25, -0.2) is 19.6 Å². The van der Waals surface area contributed by atoms with Gasteiger partial charge in [0, 0.05) is 37.3 Å². The number of piperidine rings is 1. The van der Waals surface area contributed by atoms with Crippen LogP contribution in [0.3, 0.4) is 0 Å². The Balaban J connectivity index is 0.000000301. The lowest BCUT2D eigenvalue weighted by molar-refractivity contribution is -0.193. The number of likely N-dealkylation sites (tertiary alicyclic amines) is 1. The lowest BCUT2D eigenvalue weighted by Gasteiger charge is -2.46. The van der Waals surface area contributed by atoms with Gasteiger partial charge in [-0.05, 0) is 37.8 Å². The number of alkyl halides is 6. The van der Waals surface area contributed by atoms with Crippen LogP contribution in [-0.2, 0) is 20.9 Å². The quantitative estimate of drug-likeness (QED) is 0.462. The van der Waals surface area contributed by atoms with E-state index >= 15 is 0 Å². The first-order valence-electron chi connectivity index (χ1n) is 11.2. The average Bonchev–Trinajstić information content (AvgIpc) is 3.23. The van der Waals surface area contributed by atoms with Gasteiger partial charge in [-0.1, -0.05) is 6.07 Å². The SMILES string of the molecule is Cc1ncsc1CN1C[C@@H]2CCCO[C@@H]2[C@H](Nc2ccccn2)C1.O=C(O)C(F)(F)F.O=C(O)C(F)(F)F. The molecule has 2 aliphatic rings. The smallest absolute Gasteiger partial charge is 0.475 e. The van der Waals surface area contributed by atoms with Crippen molar-refractivity contribution < 1.29 is 50.9 Å². The first-order valence-corrected chi connectivity index (χ1v) is 12.1. The molecule has 0 spiro atoms. The van der Waals surface area contributed by atoms with E-state index in [2.05, 4.69) is 27.1 Å². The van der Waals surface area contributed by atoms with Crippen molar-refractivity contribution in [2.24, 2.45) is 5.92 Å². The summed E-state index contributed by atoms with van der Waals surface area (Å²) >= 11 is 1.76. The molecule has 212 valence electrons. The third-order valence-electron chi connectivity index (χ3n) is 5.53. The highest BCUT2D eigenvalue weighted by Gasteiger charge is 2.40. The summed E-state index contributed by atoms with van der Waals surface area (Å²) in [4.78, 5) is 30.5. The minimum Gasteiger partial charge on any atom is -0.475 e. The maximum atomic E-state index is 10.6. The number of nitrogens with zero attached hydrogens (tertiary/aromatic N) is 3. The first kappa shape index (κ1) is 31.2. The molecule has 0 aromatic carbocycles. The predicted octanol–water partition coefficient (Wildman–Crippen LogP) is 4.20. The van der Waals surface area contributed by atoms with Gasteiger partial charge < -0.3 is 20.3 Å². The third-order valence-corrected chi connectivity index (χ3v) is 6.45. The number of rotatable bonds is 4. The molecular weight excluding hydrogens is 546 g/mol. The molecule has 4 rings (SSSR count). The molecule has 3 N–H and O–H groups in total. The monoisotopic (exact) mass is 572 g/mol. The number of hydrogen-bond acceptors (Lipinski definition) is 8. The molecule has 0 saturated carbocycles. The van der Waals surface area contributed by atoms with Crippen molar-refractivity contribution >= 4 is 29.1 Å². The number of fused-ring (bicyclic) bond motifs is 1. The van der Waals surface area contributed by atoms with Crippen LogP contribution in [-0.4, -0.2) is 81.2 Å². The van der Waals surface area contributed by atoms with Gasteiger partial charge in [-0.2, -0.15) is 26.3 Å². The summed E-state index contributed by atoms with van der Waals surface area (Å²) in [5, 5.41) is 17.9. The van der Waals surface area contributed by atoms with Crippen molar-refractivity contribution in [3.63, 3.8) is 0 Å². The molecule has 0 radical (unpaired) electrons. The summed E-state index contributed by atoms with van der Waals surface area (Å²) < 4.78 is 69.6. The number of aromatic nitrogens is 2. The van der Waals surface area contributed by atoms with E-state index in [1.165, 1.54) is 17.7 Å². The second kappa shape index (κ2) is 13.7. The fourth-order valence-electron chi connectivity index (χ4n) is 3.87. The molecular formula is C22H26F6N4O5S. The number of aliphatic carboxylic acids is 2. The number of carboxylic acid groups (broad SMARTS) is 2. The van der Waals surface area contributed by atoms with Crippen molar-refractivity contribution in [2.45, 2.75) is 50.8 Å². The average molecular weight is 573 g/mol. The maximum Gasteiger partial charge on any atom is 0.490 e. The Morgan fingerprint density at radius 1 is 1.11 bits per heavy atom. The van der Waals surface area contributed by atoms with Crippen molar-refractivity contribution in [1.29, 1.82) is 0 Å². The van der Waals surface area contributed by atoms with Crippen LogP contribution in [0.5, 0.6) is 0 Å². The number of thiazole rings is 1. The van der Waals surface area contributed by atoms with Gasteiger partial charge in [0.15, 0.2) is 0 Å². The molecule has 2 aliphatic heterocycles. The van der Waals surface area contributed by atoms with Gasteiger partial charge in [0.1, 0.15) is 5.82 Å². The Labute approximate surface area is 217 Å². The van der Waals surface area contributed by atoms with Crippen molar-refractivity contribution in [3.05, 3.63) is 40.5 Å². The zero-order valence-corrected chi connectivity index (χ0v) is 20.8. The van der Waals surface area contributed by atoms with Gasteiger partial charge in [0.25, 0.3) is 0 Å². The summed E-state index contributed by atoms with van der Waals surface area (Å²) in [7, 11) is 0. The number of carboxylic acids is 2. The van der Waals surface area contributed by atoms with Gasteiger partial charge in [0.2, 0.25) is 0 Å². The lowest BCUT2D eigenvalue weighted by Crippen LogP contribution is -2.57. The summed E-state index contributed by atoms with van der Waals surface area (Å²) in [6.45, 7) is 6.07. The molecule has 0 unspecified atom stereocenters. The minimum atomic E-state index is -5.08. The Bertz CT molecular complexity index is 1010. The zero-order valence-electron chi connectivity index (χ0n) is 20.0. The Morgan fingerprint density at radius 3 is 2.24 bits per heavy atom. The Morgan fingerprint density at radius 2 is 1.74 bits per heavy atom. The summed E-state index contributed by atoms with van der Waals surface area (Å²) in [6.07, 6.45) is -5.61. The van der Waals surface area contributed by atoms with Crippen LogP contribution in [0.2, 0.25) is 0 Å². The van der Waals surface area contributed by atoms with Gasteiger partial charge >= 0.3 is 24.3 Å². The van der Waals surface area contributed by atoms with E-state index in [-0.39, 0.29) is 6.04 Å². The van der Waals surface area contributed by atoms with E-state index in [0.29, 0.717) is 12.0 Å². The second-order valence-electron chi connectivity index (χ2n) is 8.36. The number of hydrogen-bond donors (Lipinski definition) is 3. The lowest BCUT2D eigenvalue weighted by atomic mass is 9.85. The molecule has 2 saturated heterocycles. The van der Waals surface area contributed by atoms with Crippen LogP contribution in [0.25, 0.3) is 0 Å². The number of anilines is 1. The van der Waals surface area contributed by atoms with Crippen LogP contribution >= 0.6 is 11.3 Å². The second-order valence-corrected chi connectivity index (χ2v) is 9.30. The highest BCUT2D eigenvalue weighted by Crippen LogP contribution is 2.31. The van der Waals surface area contributed by atoms with Crippen LogP contribution in [0.15, 0.2) is 29.9 Å². The number of halogens is 6. The molecule has 4 heterocycles. The largest absolute Gasteiger partial charge is 0.490 e. The molecule has 2 aromatic heterocycles. The van der Waals surface area contributed by atoms with Crippen LogP contribution in [0, 0.1) is 12.8 Å². The van der Waals surface area contributed by atoms with Crippen molar-refractivity contribution in [1.82, 2.24) is 14.9 Å². The highest BCUT2D eigenvalue weighted by molar-refractivity contribution is 7.09. The van der Waals surface area contributed by atoms with E-state index in [4.69, 9.17) is 24.5 Å². The molecule has 9 nitrogen and oxygen atoms in total. The number of aryl methyl sites for hydroxylation is 1. The fraction of sp³-hybridized carbons (Fsp3) is 0.545. The molecule has 3 atom stereocenters. The molecule has 0 bridgehead atoms. The molecule has 0 aliphatic carbocycles. The van der Waals surface area contributed by atoms with E-state index in [1.54, 1.807) is 11.3 Å². The Hall–Kier alpha value is -2.98. The number of nitrogens with one attached hydrogen (secondary N) is 1. The Kier molecular flexibility index (Phi) is 11.3. The van der Waals surface area contributed by atoms with Gasteiger partial charge in [0.05, 0.1) is 23.4 Å². The van der Waals surface area contributed by atoms with Crippen molar-refractivity contribution in [2.75, 3.05) is 25.0 Å². The molecule has 0 amide bonds. The highest BCUT2D eigenvalue weighted by atomic mass is 32.1. The first-order chi connectivity index (χ1) is 17.7. The third kappa shape index (κ3) is 10.1. The molecule has 38 heavy (non-hydrogen) atoms. The fourth-order valence-corrected chi connectivity index (χ4v) is 4.69. The predicted molar refractivity (Wildman–Crippen MR) is 124 cm³/mol. The van der Waals surface area contributed by atoms with E-state index in [1.807, 2.05) is 29.9 Å². The van der Waals surface area contributed by atoms with E-state index < -0.39 is 24.3 Å². The minimum absolute atomic E-state index is 0.284. The van der Waals surface area contributed by atoms with Crippen LogP contribution < -0.4 is 5.32 Å². The topological polar surface area (TPSA) is 125 Å².